The van der Waals surface area contributed by atoms with Gasteiger partial charge in [0.15, 0.2) is 5.75 Å². The Hall–Kier alpha value is -1.20. The van der Waals surface area contributed by atoms with Gasteiger partial charge in [0.2, 0.25) is 0 Å². The molecule has 1 heterocycles. The van der Waals surface area contributed by atoms with Gasteiger partial charge in [-0.25, -0.2) is 4.98 Å². The molecule has 0 aliphatic heterocycles. The van der Waals surface area contributed by atoms with Crippen LogP contribution < -0.4 is 5.56 Å². The average molecular weight is 313 g/mol. The van der Waals surface area contributed by atoms with Gasteiger partial charge in [0, 0.05) is 6.54 Å². The number of rotatable bonds is 4. The second-order valence-corrected chi connectivity index (χ2v) is 5.77. The summed E-state index contributed by atoms with van der Waals surface area (Å²) in [6.07, 6.45) is 2.32. The van der Waals surface area contributed by atoms with E-state index < -0.39 is 0 Å². The molecule has 0 saturated heterocycles. The Labute approximate surface area is 127 Å². The van der Waals surface area contributed by atoms with Gasteiger partial charge in [0.25, 0.3) is 5.56 Å². The molecule has 106 valence electrons. The van der Waals surface area contributed by atoms with Crippen molar-refractivity contribution >= 4 is 41.4 Å². The number of aromatic hydroxyl groups is 1. The van der Waals surface area contributed by atoms with Crippen LogP contribution in [0.25, 0.3) is 10.9 Å². The second kappa shape index (κ2) is 6.06. The molecular weight excluding hydrogens is 298 g/mol. The molecule has 0 aliphatic rings. The van der Waals surface area contributed by atoms with Crippen molar-refractivity contribution in [2.45, 2.75) is 32.5 Å². The van der Waals surface area contributed by atoms with E-state index in [1.807, 2.05) is 0 Å². The minimum atomic E-state index is -0.254. The maximum absolute atomic E-state index is 12.4. The van der Waals surface area contributed by atoms with Crippen molar-refractivity contribution in [1.82, 2.24) is 9.55 Å². The number of phenolic OH excluding ortho intramolecular Hbond substituents is 1. The Morgan fingerprint density at radius 2 is 2.15 bits per heavy atom. The topological polar surface area (TPSA) is 55.1 Å². The lowest BCUT2D eigenvalue weighted by Crippen LogP contribution is -2.21. The van der Waals surface area contributed by atoms with Crippen LogP contribution in [0.3, 0.4) is 0 Å². The number of nitrogens with zero attached hydrogens (tertiary/aromatic N) is 2. The maximum Gasteiger partial charge on any atom is 0.262 e. The molecule has 0 amide bonds. The van der Waals surface area contributed by atoms with E-state index in [4.69, 9.17) is 23.2 Å². The Balaban J connectivity index is 2.52. The lowest BCUT2D eigenvalue weighted by Gasteiger charge is -2.11. The van der Waals surface area contributed by atoms with E-state index in [9.17, 15) is 9.90 Å². The molecule has 1 aromatic carbocycles. The van der Waals surface area contributed by atoms with Crippen LogP contribution in [0, 0.1) is 0 Å². The normalized spacial score (nSPS) is 12.6. The molecule has 1 atom stereocenters. The number of hydrogen-bond donors (Lipinski definition) is 1. The van der Waals surface area contributed by atoms with Crippen LogP contribution >= 0.6 is 23.2 Å². The zero-order chi connectivity index (χ0) is 14.9. The van der Waals surface area contributed by atoms with Crippen LogP contribution in [0.2, 0.25) is 22.7 Å². The van der Waals surface area contributed by atoms with Gasteiger partial charge in [-0.05, 0) is 12.5 Å². The third kappa shape index (κ3) is 2.79. The summed E-state index contributed by atoms with van der Waals surface area (Å²) in [6, 6.07) is 1.36. The van der Waals surface area contributed by atoms with Crippen molar-refractivity contribution in [3.05, 3.63) is 32.8 Å². The Bertz CT molecular complexity index is 703. The number of hydrogen-bond acceptors (Lipinski definition) is 3. The van der Waals surface area contributed by atoms with Gasteiger partial charge in [-0.2, -0.15) is 0 Å². The lowest BCUT2D eigenvalue weighted by atomic mass is 9.66. The van der Waals surface area contributed by atoms with E-state index in [2.05, 4.69) is 18.7 Å². The smallest absolute Gasteiger partial charge is 0.262 e. The van der Waals surface area contributed by atoms with Gasteiger partial charge >= 0.3 is 0 Å². The predicted molar refractivity (Wildman–Crippen MR) is 84.7 cm³/mol. The highest BCUT2D eigenvalue weighted by molar-refractivity contribution is 6.39. The van der Waals surface area contributed by atoms with E-state index >= 15 is 0 Å². The van der Waals surface area contributed by atoms with E-state index in [0.29, 0.717) is 12.4 Å². The highest BCUT2D eigenvalue weighted by Gasteiger charge is 2.15. The van der Waals surface area contributed by atoms with Crippen LogP contribution in [-0.4, -0.2) is 21.9 Å². The Morgan fingerprint density at radius 1 is 1.45 bits per heavy atom. The van der Waals surface area contributed by atoms with Crippen LogP contribution in [0.15, 0.2) is 17.2 Å². The van der Waals surface area contributed by atoms with E-state index in [-0.39, 0.29) is 32.3 Å². The van der Waals surface area contributed by atoms with Gasteiger partial charge in [0.1, 0.15) is 12.8 Å². The highest BCUT2D eigenvalue weighted by atomic mass is 35.5. The first-order valence-corrected chi connectivity index (χ1v) is 7.27. The van der Waals surface area contributed by atoms with Crippen LogP contribution in [-0.2, 0) is 6.54 Å². The van der Waals surface area contributed by atoms with E-state index in [0.717, 1.165) is 13.7 Å². The van der Waals surface area contributed by atoms with Gasteiger partial charge in [-0.1, -0.05) is 42.8 Å². The van der Waals surface area contributed by atoms with Crippen molar-refractivity contribution in [2.24, 2.45) is 0 Å². The number of phenols is 1. The Kier molecular flexibility index (Phi) is 4.61. The third-order valence-corrected chi connectivity index (χ3v) is 4.13. The molecule has 1 aromatic heterocycles. The summed E-state index contributed by atoms with van der Waals surface area (Å²) < 4.78 is 1.52. The molecule has 7 heteroatoms. The highest BCUT2D eigenvalue weighted by Crippen LogP contribution is 2.34. The average Bonchev–Trinajstić information content (AvgIpc) is 2.42. The summed E-state index contributed by atoms with van der Waals surface area (Å²) in [5.41, 5.74) is -0.109. The van der Waals surface area contributed by atoms with Gasteiger partial charge in [-0.15, -0.1) is 0 Å². The summed E-state index contributed by atoms with van der Waals surface area (Å²) in [5.74, 6) is 0.323. The number of benzene rings is 1. The fourth-order valence-corrected chi connectivity index (χ4v) is 2.51. The second-order valence-electron chi connectivity index (χ2n) is 4.96. The van der Waals surface area contributed by atoms with Crippen molar-refractivity contribution in [3.8, 4) is 5.75 Å². The van der Waals surface area contributed by atoms with Crippen molar-refractivity contribution in [3.63, 3.8) is 0 Å². The van der Waals surface area contributed by atoms with Crippen molar-refractivity contribution in [2.75, 3.05) is 0 Å². The molecule has 0 saturated carbocycles. The number of aromatic nitrogens is 2. The molecule has 20 heavy (non-hydrogen) atoms. The fraction of sp³-hybridized carbons (Fsp3) is 0.385. The molecule has 0 radical (unpaired) electrons. The first-order valence-electron chi connectivity index (χ1n) is 6.51. The summed E-state index contributed by atoms with van der Waals surface area (Å²) in [6.45, 7) is 4.83. The zero-order valence-electron chi connectivity index (χ0n) is 11.4. The summed E-state index contributed by atoms with van der Waals surface area (Å²) in [4.78, 5) is 16.5. The largest absolute Gasteiger partial charge is 0.504 e. The fourth-order valence-electron chi connectivity index (χ4n) is 1.97. The number of halogens is 2. The molecule has 1 N–H and O–H groups in total. The summed E-state index contributed by atoms with van der Waals surface area (Å²) in [5, 5.41) is 10.4. The molecule has 0 fully saturated rings. The molecule has 2 rings (SSSR count). The molecule has 1 unspecified atom stereocenters. The van der Waals surface area contributed by atoms with Gasteiger partial charge in [-0.3, -0.25) is 9.36 Å². The number of aryl methyl sites for hydroxylation is 1. The zero-order valence-corrected chi connectivity index (χ0v) is 12.9. The SMILES string of the molecule is CBC(C)CCn1cnc2c(O)c(Cl)cc(Cl)c2c1=O. The first kappa shape index (κ1) is 15.2. The molecule has 0 bridgehead atoms. The van der Waals surface area contributed by atoms with Gasteiger partial charge in [0.05, 0.1) is 21.8 Å². The predicted octanol–water partition coefficient (Wildman–Crippen LogP) is 3.09. The third-order valence-electron chi connectivity index (χ3n) is 3.54. The van der Waals surface area contributed by atoms with Crippen molar-refractivity contribution < 1.29 is 5.11 Å². The summed E-state index contributed by atoms with van der Waals surface area (Å²) in [7, 11) is 1.06. The van der Waals surface area contributed by atoms with E-state index in [1.165, 1.54) is 17.0 Å². The first-order chi connectivity index (χ1) is 9.45. The summed E-state index contributed by atoms with van der Waals surface area (Å²) >= 11 is 11.9. The monoisotopic (exact) mass is 312 g/mol. The molecule has 2 aromatic rings. The standard InChI is InChI=1S/C13H15BCl2N2O2/c1-7(14-2)3-4-18-6-17-11-10(13(18)20)8(15)5-9(16)12(11)19/h5-7,14,19H,3-4H2,1-2H3. The Morgan fingerprint density at radius 3 is 2.80 bits per heavy atom. The number of fused-ring (bicyclic) bond motifs is 1. The van der Waals surface area contributed by atoms with Gasteiger partial charge < -0.3 is 5.11 Å². The molecule has 0 spiro atoms. The molecular formula is C13H15BCl2N2O2. The van der Waals surface area contributed by atoms with E-state index in [1.54, 1.807) is 0 Å². The van der Waals surface area contributed by atoms with Crippen LogP contribution in [0.1, 0.15) is 13.3 Å². The molecule has 4 nitrogen and oxygen atoms in total. The maximum atomic E-state index is 12.4. The minimum Gasteiger partial charge on any atom is -0.504 e. The quantitative estimate of drug-likeness (QED) is 0.883. The van der Waals surface area contributed by atoms with Crippen LogP contribution in [0.4, 0.5) is 0 Å². The van der Waals surface area contributed by atoms with Crippen molar-refractivity contribution in [1.29, 1.82) is 0 Å². The van der Waals surface area contributed by atoms with Crippen LogP contribution in [0.5, 0.6) is 5.75 Å². The minimum absolute atomic E-state index is 0.0896. The lowest BCUT2D eigenvalue weighted by molar-refractivity contribution is 0.480. The molecule has 0 aliphatic carbocycles.